The van der Waals surface area contributed by atoms with E-state index in [1.54, 1.807) is 12.1 Å². The Labute approximate surface area is 92.1 Å². The molecule has 1 rings (SSSR count). The molecule has 1 N–H and O–H groups in total. The Morgan fingerprint density at radius 1 is 1.36 bits per heavy atom. The highest BCUT2D eigenvalue weighted by molar-refractivity contribution is 9.10. The summed E-state index contributed by atoms with van der Waals surface area (Å²) >= 11 is 3.21. The lowest BCUT2D eigenvalue weighted by Gasteiger charge is -2.21. The van der Waals surface area contributed by atoms with Crippen LogP contribution in [0.3, 0.4) is 0 Å². The quantitative estimate of drug-likeness (QED) is 0.821. The number of halogens is 2. The van der Waals surface area contributed by atoms with Crippen LogP contribution >= 0.6 is 15.9 Å². The monoisotopic (exact) mass is 260 g/mol. The summed E-state index contributed by atoms with van der Waals surface area (Å²) in [5, 5.41) is 9.02. The van der Waals surface area contributed by atoms with Gasteiger partial charge in [-0.3, -0.25) is 0 Å². The van der Waals surface area contributed by atoms with Crippen LogP contribution in [0.5, 0.6) is 0 Å². The minimum Gasteiger partial charge on any atom is -0.392 e. The first kappa shape index (κ1) is 11.7. The molecule has 0 saturated carbocycles. The molecule has 14 heavy (non-hydrogen) atoms. The van der Waals surface area contributed by atoms with Gasteiger partial charge in [-0.25, -0.2) is 4.39 Å². The van der Waals surface area contributed by atoms with E-state index in [9.17, 15) is 4.39 Å². The Bertz CT molecular complexity index is 342. The molecule has 0 aromatic heterocycles. The Hall–Kier alpha value is -0.410. The van der Waals surface area contributed by atoms with Crippen molar-refractivity contribution in [3.63, 3.8) is 0 Å². The van der Waals surface area contributed by atoms with Gasteiger partial charge in [-0.2, -0.15) is 0 Å². The third-order valence-corrected chi connectivity index (χ3v) is 2.90. The highest BCUT2D eigenvalue weighted by Crippen LogP contribution is 2.30. The molecule has 1 aromatic carbocycles. The van der Waals surface area contributed by atoms with Gasteiger partial charge in [-0.1, -0.05) is 42.8 Å². The van der Waals surface area contributed by atoms with Crippen LogP contribution in [0.4, 0.5) is 4.39 Å². The minimum atomic E-state index is -0.311. The molecule has 0 bridgehead atoms. The van der Waals surface area contributed by atoms with Crippen LogP contribution in [0.25, 0.3) is 0 Å². The van der Waals surface area contributed by atoms with E-state index in [1.165, 1.54) is 0 Å². The maximum Gasteiger partial charge on any atom is 0.133 e. The highest BCUT2D eigenvalue weighted by atomic mass is 79.9. The summed E-state index contributed by atoms with van der Waals surface area (Å²) in [6.07, 6.45) is 0. The summed E-state index contributed by atoms with van der Waals surface area (Å²) in [4.78, 5) is 0. The molecule has 0 amide bonds. The SMILES string of the molecule is CC(C)(C)c1ccc(Br)c(CO)c1F. The summed E-state index contributed by atoms with van der Waals surface area (Å²) < 4.78 is 14.5. The van der Waals surface area contributed by atoms with E-state index in [1.807, 2.05) is 20.8 Å². The van der Waals surface area contributed by atoms with E-state index in [0.717, 1.165) is 0 Å². The van der Waals surface area contributed by atoms with Crippen molar-refractivity contribution in [1.29, 1.82) is 0 Å². The van der Waals surface area contributed by atoms with Crippen LogP contribution in [0.2, 0.25) is 0 Å². The van der Waals surface area contributed by atoms with Crippen LogP contribution in [0.1, 0.15) is 31.9 Å². The summed E-state index contributed by atoms with van der Waals surface area (Å²) in [6.45, 7) is 5.55. The number of aliphatic hydroxyl groups is 1. The topological polar surface area (TPSA) is 20.2 Å². The second-order valence-electron chi connectivity index (χ2n) is 4.30. The van der Waals surface area contributed by atoms with Crippen LogP contribution in [0.15, 0.2) is 16.6 Å². The third-order valence-electron chi connectivity index (χ3n) is 2.15. The molecule has 1 aromatic rings. The number of hydrogen-bond donors (Lipinski definition) is 1. The molecule has 0 radical (unpaired) electrons. The third kappa shape index (κ3) is 2.15. The lowest BCUT2D eigenvalue weighted by molar-refractivity contribution is 0.273. The van der Waals surface area contributed by atoms with Crippen LogP contribution in [0, 0.1) is 5.82 Å². The first-order valence-corrected chi connectivity index (χ1v) is 5.25. The Morgan fingerprint density at radius 3 is 2.36 bits per heavy atom. The molecule has 0 saturated heterocycles. The number of benzene rings is 1. The zero-order chi connectivity index (χ0) is 10.9. The van der Waals surface area contributed by atoms with Crippen LogP contribution < -0.4 is 0 Å². The lowest BCUT2D eigenvalue weighted by Crippen LogP contribution is -2.15. The van der Waals surface area contributed by atoms with E-state index in [-0.39, 0.29) is 17.8 Å². The van der Waals surface area contributed by atoms with Crippen LogP contribution in [-0.4, -0.2) is 5.11 Å². The van der Waals surface area contributed by atoms with Crippen molar-refractivity contribution >= 4 is 15.9 Å². The fraction of sp³-hybridized carbons (Fsp3) is 0.455. The van der Waals surface area contributed by atoms with Gasteiger partial charge in [0.1, 0.15) is 5.82 Å². The van der Waals surface area contributed by atoms with Crippen molar-refractivity contribution in [2.75, 3.05) is 0 Å². The largest absolute Gasteiger partial charge is 0.392 e. The van der Waals surface area contributed by atoms with Crippen molar-refractivity contribution in [3.05, 3.63) is 33.5 Å². The Morgan fingerprint density at radius 2 is 1.93 bits per heavy atom. The first-order chi connectivity index (χ1) is 6.38. The average molecular weight is 261 g/mol. The standard InChI is InChI=1S/C11H14BrFO/c1-11(2,3)8-4-5-9(12)7(6-14)10(8)13/h4-5,14H,6H2,1-3H3. The molecular weight excluding hydrogens is 247 g/mol. The van der Waals surface area contributed by atoms with Gasteiger partial charge in [0, 0.05) is 10.0 Å². The van der Waals surface area contributed by atoms with Crippen molar-refractivity contribution in [1.82, 2.24) is 0 Å². The van der Waals surface area contributed by atoms with Gasteiger partial charge in [0.05, 0.1) is 6.61 Å². The molecule has 0 heterocycles. The molecule has 78 valence electrons. The van der Waals surface area contributed by atoms with Gasteiger partial charge in [-0.05, 0) is 17.0 Å². The lowest BCUT2D eigenvalue weighted by atomic mass is 9.85. The van der Waals surface area contributed by atoms with E-state index in [0.29, 0.717) is 15.6 Å². The second kappa shape index (κ2) is 3.99. The molecule has 3 heteroatoms. The van der Waals surface area contributed by atoms with E-state index < -0.39 is 0 Å². The van der Waals surface area contributed by atoms with Gasteiger partial charge < -0.3 is 5.11 Å². The second-order valence-corrected chi connectivity index (χ2v) is 5.15. The van der Waals surface area contributed by atoms with E-state index >= 15 is 0 Å². The maximum absolute atomic E-state index is 13.8. The zero-order valence-electron chi connectivity index (χ0n) is 8.56. The fourth-order valence-electron chi connectivity index (χ4n) is 1.32. The zero-order valence-corrected chi connectivity index (χ0v) is 10.2. The molecule has 0 aliphatic heterocycles. The predicted octanol–water partition coefficient (Wildman–Crippen LogP) is 3.38. The molecule has 0 spiro atoms. The molecule has 0 unspecified atom stereocenters. The predicted molar refractivity (Wildman–Crippen MR) is 58.7 cm³/mol. The Balaban J connectivity index is 3.36. The van der Waals surface area contributed by atoms with Crippen LogP contribution in [-0.2, 0) is 12.0 Å². The van der Waals surface area contributed by atoms with Crippen molar-refractivity contribution in [2.45, 2.75) is 32.8 Å². The molecule has 0 atom stereocenters. The van der Waals surface area contributed by atoms with Gasteiger partial charge in [0.15, 0.2) is 0 Å². The van der Waals surface area contributed by atoms with Gasteiger partial charge in [0.2, 0.25) is 0 Å². The van der Waals surface area contributed by atoms with Gasteiger partial charge in [-0.15, -0.1) is 0 Å². The summed E-state index contributed by atoms with van der Waals surface area (Å²) in [7, 11) is 0. The van der Waals surface area contributed by atoms with E-state index in [2.05, 4.69) is 15.9 Å². The fourth-order valence-corrected chi connectivity index (χ4v) is 1.75. The average Bonchev–Trinajstić information content (AvgIpc) is 2.02. The van der Waals surface area contributed by atoms with Crippen molar-refractivity contribution in [3.8, 4) is 0 Å². The first-order valence-electron chi connectivity index (χ1n) is 4.46. The number of aliphatic hydroxyl groups excluding tert-OH is 1. The van der Waals surface area contributed by atoms with Gasteiger partial charge in [0.25, 0.3) is 0 Å². The highest BCUT2D eigenvalue weighted by Gasteiger charge is 2.21. The minimum absolute atomic E-state index is 0.241. The molecular formula is C11H14BrFO. The van der Waals surface area contributed by atoms with Crippen molar-refractivity contribution in [2.24, 2.45) is 0 Å². The normalized spacial score (nSPS) is 11.9. The maximum atomic E-state index is 13.8. The Kier molecular flexibility index (Phi) is 3.32. The molecule has 0 aliphatic carbocycles. The molecule has 0 fully saturated rings. The summed E-state index contributed by atoms with van der Waals surface area (Å²) in [5.74, 6) is -0.311. The van der Waals surface area contributed by atoms with E-state index in [4.69, 9.17) is 5.11 Å². The van der Waals surface area contributed by atoms with Gasteiger partial charge >= 0.3 is 0 Å². The summed E-state index contributed by atoms with van der Waals surface area (Å²) in [6, 6.07) is 3.52. The molecule has 0 aliphatic rings. The van der Waals surface area contributed by atoms with Crippen molar-refractivity contribution < 1.29 is 9.50 Å². The molecule has 1 nitrogen and oxygen atoms in total. The summed E-state index contributed by atoms with van der Waals surface area (Å²) in [5.41, 5.74) is 0.719. The smallest absolute Gasteiger partial charge is 0.133 e. The number of rotatable bonds is 1. The number of hydrogen-bond acceptors (Lipinski definition) is 1.